The van der Waals surface area contributed by atoms with E-state index in [0.29, 0.717) is 6.61 Å². The number of aryl methyl sites for hydroxylation is 1. The molecule has 5 heteroatoms. The summed E-state index contributed by atoms with van der Waals surface area (Å²) in [4.78, 5) is 8.38. The quantitative estimate of drug-likeness (QED) is 0.812. The summed E-state index contributed by atoms with van der Waals surface area (Å²) >= 11 is 4.90. The van der Waals surface area contributed by atoms with Crippen LogP contribution in [0.15, 0.2) is 28.3 Å². The van der Waals surface area contributed by atoms with Crippen LogP contribution in [0.5, 0.6) is 5.75 Å². The van der Waals surface area contributed by atoms with Crippen molar-refractivity contribution in [1.82, 2.24) is 9.97 Å². The van der Waals surface area contributed by atoms with Gasteiger partial charge in [-0.3, -0.25) is 0 Å². The molecule has 15 heavy (non-hydrogen) atoms. The monoisotopic (exact) mass is 284 g/mol. The highest BCUT2D eigenvalue weighted by atomic mass is 79.9. The average Bonchev–Trinajstić information content (AvgIpc) is 2.64. The molecule has 78 valence electrons. The van der Waals surface area contributed by atoms with Crippen LogP contribution in [0.3, 0.4) is 0 Å². The number of hydrogen-bond acceptors (Lipinski definition) is 4. The Labute approximate surface area is 100 Å². The van der Waals surface area contributed by atoms with Gasteiger partial charge in [0.25, 0.3) is 0 Å². The molecule has 3 nitrogen and oxygen atoms in total. The summed E-state index contributed by atoms with van der Waals surface area (Å²) in [5.41, 5.74) is 0.959. The second kappa shape index (κ2) is 4.72. The molecule has 0 aliphatic rings. The minimum atomic E-state index is 0.494. The van der Waals surface area contributed by atoms with Crippen LogP contribution in [0.2, 0.25) is 0 Å². The number of aromatic nitrogens is 2. The van der Waals surface area contributed by atoms with E-state index in [9.17, 15) is 0 Å². The third-order valence-corrected chi connectivity index (χ3v) is 3.04. The summed E-state index contributed by atoms with van der Waals surface area (Å²) in [7, 11) is 0. The number of thiazole rings is 1. The molecule has 2 heterocycles. The van der Waals surface area contributed by atoms with Crippen LogP contribution < -0.4 is 4.74 Å². The van der Waals surface area contributed by atoms with Crippen molar-refractivity contribution in [3.05, 3.63) is 39.0 Å². The van der Waals surface area contributed by atoms with Crippen LogP contribution in [0, 0.1) is 6.92 Å². The Bertz CT molecular complexity index is 441. The van der Waals surface area contributed by atoms with Crippen molar-refractivity contribution >= 4 is 27.3 Å². The Kier molecular flexibility index (Phi) is 3.33. The highest BCUT2D eigenvalue weighted by Gasteiger charge is 1.99. The van der Waals surface area contributed by atoms with E-state index in [0.717, 1.165) is 21.1 Å². The molecule has 0 bridgehead atoms. The lowest BCUT2D eigenvalue weighted by Crippen LogP contribution is -1.96. The third-order valence-electron chi connectivity index (χ3n) is 1.75. The smallest absolute Gasteiger partial charge is 0.138 e. The number of nitrogens with zero attached hydrogens (tertiary/aromatic N) is 2. The Morgan fingerprint density at radius 2 is 2.33 bits per heavy atom. The van der Waals surface area contributed by atoms with Crippen LogP contribution >= 0.6 is 27.3 Å². The summed E-state index contributed by atoms with van der Waals surface area (Å²) < 4.78 is 6.33. The zero-order valence-electron chi connectivity index (χ0n) is 8.11. The maximum Gasteiger partial charge on any atom is 0.138 e. The lowest BCUT2D eigenvalue weighted by molar-refractivity contribution is 0.300. The van der Waals surface area contributed by atoms with E-state index in [1.54, 1.807) is 17.5 Å². The van der Waals surface area contributed by atoms with Gasteiger partial charge in [0, 0.05) is 5.38 Å². The number of ether oxygens (including phenoxy) is 1. The summed E-state index contributed by atoms with van der Waals surface area (Å²) in [6.07, 6.45) is 1.68. The number of rotatable bonds is 3. The zero-order valence-corrected chi connectivity index (χ0v) is 10.5. The number of halogens is 1. The molecule has 0 aliphatic heterocycles. The Balaban J connectivity index is 1.96. The molecule has 0 aliphatic carbocycles. The third kappa shape index (κ3) is 3.00. The van der Waals surface area contributed by atoms with Gasteiger partial charge in [-0.1, -0.05) is 0 Å². The molecule has 0 radical (unpaired) electrons. The Hall–Kier alpha value is -0.940. The van der Waals surface area contributed by atoms with E-state index < -0.39 is 0 Å². The van der Waals surface area contributed by atoms with Gasteiger partial charge in [-0.05, 0) is 35.0 Å². The van der Waals surface area contributed by atoms with Gasteiger partial charge in [0.2, 0.25) is 0 Å². The first kappa shape index (κ1) is 10.6. The normalized spacial score (nSPS) is 10.3. The fourth-order valence-electron chi connectivity index (χ4n) is 1.08. The molecule has 0 saturated heterocycles. The van der Waals surface area contributed by atoms with Gasteiger partial charge in [0.1, 0.15) is 17.0 Å². The van der Waals surface area contributed by atoms with Crippen LogP contribution in [-0.4, -0.2) is 9.97 Å². The van der Waals surface area contributed by atoms with Gasteiger partial charge in [-0.25, -0.2) is 9.97 Å². The zero-order chi connectivity index (χ0) is 10.7. The van der Waals surface area contributed by atoms with Crippen LogP contribution in [-0.2, 0) is 6.61 Å². The predicted octanol–water partition coefficient (Wildman–Crippen LogP) is 3.19. The van der Waals surface area contributed by atoms with E-state index in [-0.39, 0.29) is 0 Å². The first-order valence-electron chi connectivity index (χ1n) is 4.39. The van der Waals surface area contributed by atoms with Crippen molar-refractivity contribution < 1.29 is 4.74 Å². The maximum atomic E-state index is 5.52. The standard InChI is InChI=1S/C10H9BrN2OS/c1-7-13-8(6-15-7)5-14-9-2-3-10(11)12-4-9/h2-4,6H,5H2,1H3. The van der Waals surface area contributed by atoms with Crippen LogP contribution in [0.4, 0.5) is 0 Å². The molecule has 2 aromatic rings. The molecule has 0 fully saturated rings. The minimum absolute atomic E-state index is 0.494. The van der Waals surface area contributed by atoms with E-state index >= 15 is 0 Å². The Morgan fingerprint density at radius 1 is 1.47 bits per heavy atom. The largest absolute Gasteiger partial charge is 0.486 e. The van der Waals surface area contributed by atoms with Crippen molar-refractivity contribution in [2.45, 2.75) is 13.5 Å². The maximum absolute atomic E-state index is 5.52. The molecule has 2 aromatic heterocycles. The fraction of sp³-hybridized carbons (Fsp3) is 0.200. The molecule has 0 unspecified atom stereocenters. The number of pyridine rings is 1. The van der Waals surface area contributed by atoms with E-state index in [1.807, 2.05) is 24.4 Å². The molecule has 0 atom stereocenters. The molecule has 0 aromatic carbocycles. The molecule has 0 amide bonds. The van der Waals surface area contributed by atoms with Crippen molar-refractivity contribution in [3.8, 4) is 5.75 Å². The molecule has 2 rings (SSSR count). The predicted molar refractivity (Wildman–Crippen MR) is 63.1 cm³/mol. The molecular formula is C10H9BrN2OS. The van der Waals surface area contributed by atoms with Gasteiger partial charge in [-0.15, -0.1) is 11.3 Å². The van der Waals surface area contributed by atoms with E-state index in [2.05, 4.69) is 25.9 Å². The number of hydrogen-bond donors (Lipinski definition) is 0. The van der Waals surface area contributed by atoms with E-state index in [1.165, 1.54) is 0 Å². The first-order valence-corrected chi connectivity index (χ1v) is 6.06. The highest BCUT2D eigenvalue weighted by Crippen LogP contribution is 2.15. The molecule has 0 spiro atoms. The summed E-state index contributed by atoms with van der Waals surface area (Å²) in [5, 5.41) is 3.06. The van der Waals surface area contributed by atoms with Gasteiger partial charge < -0.3 is 4.74 Å². The summed E-state index contributed by atoms with van der Waals surface area (Å²) in [6.45, 7) is 2.48. The van der Waals surface area contributed by atoms with Gasteiger partial charge in [0.05, 0.1) is 16.9 Å². The van der Waals surface area contributed by atoms with Gasteiger partial charge in [-0.2, -0.15) is 0 Å². The molecular weight excluding hydrogens is 276 g/mol. The topological polar surface area (TPSA) is 35.0 Å². The second-order valence-corrected chi connectivity index (χ2v) is 4.84. The van der Waals surface area contributed by atoms with Gasteiger partial charge >= 0.3 is 0 Å². The molecule has 0 N–H and O–H groups in total. The molecule has 0 saturated carbocycles. The van der Waals surface area contributed by atoms with Crippen molar-refractivity contribution in [1.29, 1.82) is 0 Å². The SMILES string of the molecule is Cc1nc(COc2ccc(Br)nc2)cs1. The van der Waals surface area contributed by atoms with Crippen molar-refractivity contribution in [2.24, 2.45) is 0 Å². The average molecular weight is 285 g/mol. The van der Waals surface area contributed by atoms with Crippen LogP contribution in [0.1, 0.15) is 10.7 Å². The lowest BCUT2D eigenvalue weighted by atomic mass is 10.4. The highest BCUT2D eigenvalue weighted by molar-refractivity contribution is 9.10. The fourth-order valence-corrected chi connectivity index (χ4v) is 1.91. The van der Waals surface area contributed by atoms with E-state index in [4.69, 9.17) is 4.74 Å². The van der Waals surface area contributed by atoms with Gasteiger partial charge in [0.15, 0.2) is 0 Å². The van der Waals surface area contributed by atoms with Crippen molar-refractivity contribution in [3.63, 3.8) is 0 Å². The summed E-state index contributed by atoms with van der Waals surface area (Å²) in [6, 6.07) is 3.72. The first-order chi connectivity index (χ1) is 7.24. The summed E-state index contributed by atoms with van der Waals surface area (Å²) in [5.74, 6) is 0.754. The Morgan fingerprint density at radius 3 is 2.93 bits per heavy atom. The second-order valence-electron chi connectivity index (χ2n) is 2.96. The lowest BCUT2D eigenvalue weighted by Gasteiger charge is -2.02. The van der Waals surface area contributed by atoms with Crippen molar-refractivity contribution in [2.75, 3.05) is 0 Å². The minimum Gasteiger partial charge on any atom is -0.486 e. The van der Waals surface area contributed by atoms with Crippen LogP contribution in [0.25, 0.3) is 0 Å².